The Morgan fingerprint density at radius 1 is 1.18 bits per heavy atom. The van der Waals surface area contributed by atoms with E-state index >= 15 is 0 Å². The molecule has 5 rings (SSSR count). The average molecular weight is 381 g/mol. The molecule has 0 radical (unpaired) electrons. The number of likely N-dealkylation sites (tertiary alicyclic amines) is 1. The zero-order valence-electron chi connectivity index (χ0n) is 16.2. The molecule has 148 valence electrons. The fourth-order valence-corrected chi connectivity index (χ4v) is 5.06. The van der Waals surface area contributed by atoms with Crippen LogP contribution in [0.4, 0.5) is 0 Å². The quantitative estimate of drug-likeness (QED) is 0.851. The molecule has 1 aliphatic carbocycles. The number of hydrazine groups is 1. The molecule has 2 aliphatic heterocycles. The van der Waals surface area contributed by atoms with Crippen LogP contribution < -0.4 is 10.9 Å². The molecule has 1 aromatic heterocycles. The van der Waals surface area contributed by atoms with E-state index in [-0.39, 0.29) is 18.0 Å². The van der Waals surface area contributed by atoms with Crippen molar-refractivity contribution in [1.29, 1.82) is 0 Å². The molecule has 5 atom stereocenters. The van der Waals surface area contributed by atoms with Crippen LogP contribution in [-0.2, 0) is 4.79 Å². The van der Waals surface area contributed by atoms with E-state index in [1.54, 1.807) is 0 Å². The van der Waals surface area contributed by atoms with Gasteiger partial charge in [0.05, 0.1) is 0 Å². The lowest BCUT2D eigenvalue weighted by molar-refractivity contribution is -0.135. The number of carbonyl (C=O) groups excluding carboxylic acids is 1. The number of fused-ring (bicyclic) bond motifs is 1. The highest BCUT2D eigenvalue weighted by molar-refractivity contribution is 5.83. The van der Waals surface area contributed by atoms with Gasteiger partial charge in [0.2, 0.25) is 17.6 Å². The van der Waals surface area contributed by atoms with Gasteiger partial charge in [-0.15, -0.1) is 0 Å². The first-order valence-corrected chi connectivity index (χ1v) is 10.4. The van der Waals surface area contributed by atoms with Gasteiger partial charge in [-0.25, -0.2) is 5.43 Å². The zero-order valence-corrected chi connectivity index (χ0v) is 16.2. The average Bonchev–Trinajstić information content (AvgIpc) is 3.46. The van der Waals surface area contributed by atoms with Crippen LogP contribution in [0.25, 0.3) is 11.4 Å². The van der Waals surface area contributed by atoms with Gasteiger partial charge in [0.25, 0.3) is 0 Å². The highest BCUT2D eigenvalue weighted by atomic mass is 16.5. The molecule has 1 amide bonds. The van der Waals surface area contributed by atoms with Crippen molar-refractivity contribution >= 4 is 5.91 Å². The number of benzene rings is 1. The monoisotopic (exact) mass is 381 g/mol. The number of aromatic nitrogens is 2. The molecule has 3 heterocycles. The molecule has 7 nitrogen and oxygen atoms in total. The van der Waals surface area contributed by atoms with Crippen molar-refractivity contribution in [3.05, 3.63) is 36.2 Å². The van der Waals surface area contributed by atoms with Crippen LogP contribution >= 0.6 is 0 Å². The molecule has 3 aliphatic rings. The van der Waals surface area contributed by atoms with Gasteiger partial charge in [-0.3, -0.25) is 10.2 Å². The summed E-state index contributed by atoms with van der Waals surface area (Å²) in [6.07, 6.45) is 5.29. The molecular formula is C21H27N5O2. The summed E-state index contributed by atoms with van der Waals surface area (Å²) in [6, 6.07) is 9.91. The first-order chi connectivity index (χ1) is 13.7. The SMILES string of the molecule is CC1CCC2NNC(C(=O)N3CCCC3c3nc(-c4ccccc4)no3)C2C1. The predicted octanol–water partition coefficient (Wildman–Crippen LogP) is 2.68. The fourth-order valence-electron chi connectivity index (χ4n) is 5.06. The Hall–Kier alpha value is -2.25. The number of hydrogen-bond donors (Lipinski definition) is 2. The Kier molecular flexibility index (Phi) is 4.64. The van der Waals surface area contributed by atoms with E-state index in [0.29, 0.717) is 29.6 Å². The second-order valence-electron chi connectivity index (χ2n) is 8.47. The lowest BCUT2D eigenvalue weighted by Crippen LogP contribution is -2.48. The van der Waals surface area contributed by atoms with E-state index in [0.717, 1.165) is 37.8 Å². The lowest BCUT2D eigenvalue weighted by Gasteiger charge is -2.33. The van der Waals surface area contributed by atoms with E-state index < -0.39 is 0 Å². The van der Waals surface area contributed by atoms with E-state index in [9.17, 15) is 4.79 Å². The van der Waals surface area contributed by atoms with Gasteiger partial charge in [-0.2, -0.15) is 4.98 Å². The first-order valence-electron chi connectivity index (χ1n) is 10.4. The summed E-state index contributed by atoms with van der Waals surface area (Å²) in [4.78, 5) is 20.0. The van der Waals surface area contributed by atoms with Crippen molar-refractivity contribution in [2.24, 2.45) is 11.8 Å². The summed E-state index contributed by atoms with van der Waals surface area (Å²) < 4.78 is 5.58. The minimum Gasteiger partial charge on any atom is -0.337 e. The number of rotatable bonds is 3. The van der Waals surface area contributed by atoms with Crippen molar-refractivity contribution in [1.82, 2.24) is 25.9 Å². The van der Waals surface area contributed by atoms with Crippen molar-refractivity contribution in [3.8, 4) is 11.4 Å². The van der Waals surface area contributed by atoms with E-state index in [1.807, 2.05) is 35.2 Å². The number of amides is 1. The maximum atomic E-state index is 13.4. The Balaban J connectivity index is 1.34. The van der Waals surface area contributed by atoms with Gasteiger partial charge in [-0.1, -0.05) is 42.4 Å². The Morgan fingerprint density at radius 2 is 2.04 bits per heavy atom. The fraction of sp³-hybridized carbons (Fsp3) is 0.571. The standard InChI is InChI=1S/C21H27N5O2/c1-13-9-10-16-15(12-13)18(24-23-16)21(27)26-11-5-8-17(26)20-22-19(25-28-20)14-6-3-2-4-7-14/h2-4,6-7,13,15-18,23-24H,5,8-12H2,1H3. The largest absolute Gasteiger partial charge is 0.337 e. The third kappa shape index (κ3) is 3.12. The molecular weight excluding hydrogens is 354 g/mol. The van der Waals surface area contributed by atoms with E-state index in [4.69, 9.17) is 4.52 Å². The third-order valence-corrected chi connectivity index (χ3v) is 6.57. The lowest BCUT2D eigenvalue weighted by atomic mass is 9.76. The summed E-state index contributed by atoms with van der Waals surface area (Å²) in [5, 5.41) is 4.15. The van der Waals surface area contributed by atoms with E-state index in [1.165, 1.54) is 6.42 Å². The predicted molar refractivity (Wildman–Crippen MR) is 104 cm³/mol. The molecule has 1 saturated carbocycles. The van der Waals surface area contributed by atoms with Gasteiger partial charge in [0.15, 0.2) is 0 Å². The summed E-state index contributed by atoms with van der Waals surface area (Å²) >= 11 is 0. The van der Waals surface area contributed by atoms with Crippen LogP contribution in [0.1, 0.15) is 51.0 Å². The first kappa shape index (κ1) is 17.8. The normalized spacial score (nSPS) is 32.5. The molecule has 3 fully saturated rings. The maximum Gasteiger partial charge on any atom is 0.249 e. The topological polar surface area (TPSA) is 83.3 Å². The van der Waals surface area contributed by atoms with Crippen LogP contribution in [0.5, 0.6) is 0 Å². The molecule has 7 heteroatoms. The van der Waals surface area contributed by atoms with Crippen molar-refractivity contribution in [2.75, 3.05) is 6.54 Å². The van der Waals surface area contributed by atoms with E-state index in [2.05, 4.69) is 27.9 Å². The smallest absolute Gasteiger partial charge is 0.249 e. The number of hydrogen-bond acceptors (Lipinski definition) is 6. The zero-order chi connectivity index (χ0) is 19.1. The van der Waals surface area contributed by atoms with Crippen molar-refractivity contribution < 1.29 is 9.32 Å². The highest BCUT2D eigenvalue weighted by Gasteiger charge is 2.46. The van der Waals surface area contributed by atoms with Crippen LogP contribution in [0.15, 0.2) is 34.9 Å². The molecule has 5 unspecified atom stereocenters. The van der Waals surface area contributed by atoms with Crippen LogP contribution in [-0.4, -0.2) is 39.6 Å². The van der Waals surface area contributed by atoms with Crippen LogP contribution in [0.2, 0.25) is 0 Å². The third-order valence-electron chi connectivity index (χ3n) is 6.57. The van der Waals surface area contributed by atoms with Gasteiger partial charge < -0.3 is 9.42 Å². The molecule has 2 N–H and O–H groups in total. The van der Waals surface area contributed by atoms with Crippen LogP contribution in [0, 0.1) is 11.8 Å². The Morgan fingerprint density at radius 3 is 2.89 bits per heavy atom. The minimum atomic E-state index is -0.162. The molecule has 0 bridgehead atoms. The molecule has 28 heavy (non-hydrogen) atoms. The van der Waals surface area contributed by atoms with Crippen LogP contribution in [0.3, 0.4) is 0 Å². The summed E-state index contributed by atoms with van der Waals surface area (Å²) in [5.74, 6) is 2.33. The number of carbonyl (C=O) groups is 1. The van der Waals surface area contributed by atoms with Gasteiger partial charge in [0, 0.05) is 24.1 Å². The van der Waals surface area contributed by atoms with Gasteiger partial charge in [-0.05, 0) is 38.0 Å². The van der Waals surface area contributed by atoms with Crippen molar-refractivity contribution in [2.45, 2.75) is 57.2 Å². The second kappa shape index (κ2) is 7.29. The van der Waals surface area contributed by atoms with Crippen molar-refractivity contribution in [3.63, 3.8) is 0 Å². The summed E-state index contributed by atoms with van der Waals surface area (Å²) in [5.41, 5.74) is 7.58. The molecule has 2 aromatic rings. The second-order valence-corrected chi connectivity index (χ2v) is 8.47. The highest BCUT2D eigenvalue weighted by Crippen LogP contribution is 2.37. The van der Waals surface area contributed by atoms with Gasteiger partial charge in [0.1, 0.15) is 12.1 Å². The number of nitrogens with zero attached hydrogens (tertiary/aromatic N) is 3. The minimum absolute atomic E-state index is 0.126. The molecule has 0 spiro atoms. The molecule has 2 saturated heterocycles. The molecule has 1 aromatic carbocycles. The maximum absolute atomic E-state index is 13.4. The summed E-state index contributed by atoms with van der Waals surface area (Å²) in [6.45, 7) is 3.04. The van der Waals surface area contributed by atoms with Gasteiger partial charge >= 0.3 is 0 Å². The summed E-state index contributed by atoms with van der Waals surface area (Å²) in [7, 11) is 0. The Labute approximate surface area is 164 Å². The number of nitrogens with one attached hydrogen (secondary N) is 2. The Bertz CT molecular complexity index is 838.